The first-order chi connectivity index (χ1) is 5.68. The van der Waals surface area contributed by atoms with E-state index in [-0.39, 0.29) is 0 Å². The van der Waals surface area contributed by atoms with Gasteiger partial charge in [0.05, 0.1) is 10.6 Å². The summed E-state index contributed by atoms with van der Waals surface area (Å²) in [4.78, 5) is 4.33. The number of thiazole rings is 1. The van der Waals surface area contributed by atoms with E-state index in [2.05, 4.69) is 4.98 Å². The van der Waals surface area contributed by atoms with Gasteiger partial charge in [0.1, 0.15) is 0 Å². The molecular weight excluding hydrogens is 190 g/mol. The predicted octanol–water partition coefficient (Wildman–Crippen LogP) is 1.47. The Bertz CT molecular complexity index is 280. The summed E-state index contributed by atoms with van der Waals surface area (Å²) < 4.78 is 0. The number of nitrogens with zero attached hydrogens (tertiary/aromatic N) is 1. The lowest BCUT2D eigenvalue weighted by molar-refractivity contribution is 0.0792. The molecule has 0 atom stereocenters. The highest BCUT2D eigenvalue weighted by atomic mass is 32.2. The van der Waals surface area contributed by atoms with Crippen molar-refractivity contribution in [1.29, 1.82) is 0 Å². The molecule has 0 unspecified atom stereocenters. The third kappa shape index (κ3) is 1.65. The van der Waals surface area contributed by atoms with Gasteiger partial charge in [0.25, 0.3) is 0 Å². The van der Waals surface area contributed by atoms with Gasteiger partial charge < -0.3 is 5.11 Å². The maximum Gasteiger partial charge on any atom is 0.0957 e. The van der Waals surface area contributed by atoms with Crippen molar-refractivity contribution >= 4 is 23.1 Å². The SMILES string of the molecule is Cc1csc(CC2(O)CSC2)n1. The van der Waals surface area contributed by atoms with Gasteiger partial charge in [-0.2, -0.15) is 11.8 Å². The highest BCUT2D eigenvalue weighted by Crippen LogP contribution is 2.32. The molecule has 66 valence electrons. The van der Waals surface area contributed by atoms with Crippen molar-refractivity contribution in [2.24, 2.45) is 0 Å². The van der Waals surface area contributed by atoms with Gasteiger partial charge in [-0.15, -0.1) is 11.3 Å². The van der Waals surface area contributed by atoms with E-state index in [1.165, 1.54) is 0 Å². The molecule has 1 aromatic rings. The van der Waals surface area contributed by atoms with Crippen LogP contribution in [-0.4, -0.2) is 27.2 Å². The van der Waals surface area contributed by atoms with Gasteiger partial charge in [0.15, 0.2) is 0 Å². The monoisotopic (exact) mass is 201 g/mol. The van der Waals surface area contributed by atoms with Crippen LogP contribution in [0.2, 0.25) is 0 Å². The fourth-order valence-corrected chi connectivity index (χ4v) is 2.99. The molecule has 4 heteroatoms. The van der Waals surface area contributed by atoms with Crippen molar-refractivity contribution < 1.29 is 5.11 Å². The van der Waals surface area contributed by atoms with Crippen LogP contribution >= 0.6 is 23.1 Å². The standard InChI is InChI=1S/C8H11NOS2/c1-6-3-12-7(9-6)2-8(10)4-11-5-8/h3,10H,2,4-5H2,1H3. The van der Waals surface area contributed by atoms with Crippen LogP contribution in [0.25, 0.3) is 0 Å². The molecule has 0 amide bonds. The Labute approximate surface area is 80.0 Å². The summed E-state index contributed by atoms with van der Waals surface area (Å²) in [7, 11) is 0. The Balaban J connectivity index is 2.03. The van der Waals surface area contributed by atoms with Crippen molar-refractivity contribution in [3.8, 4) is 0 Å². The van der Waals surface area contributed by atoms with E-state index in [9.17, 15) is 5.11 Å². The molecule has 2 rings (SSSR count). The van der Waals surface area contributed by atoms with Gasteiger partial charge in [0.2, 0.25) is 0 Å². The number of hydrogen-bond acceptors (Lipinski definition) is 4. The third-order valence-electron chi connectivity index (χ3n) is 1.89. The van der Waals surface area contributed by atoms with Gasteiger partial charge in [-0.25, -0.2) is 4.98 Å². The molecule has 0 aliphatic carbocycles. The summed E-state index contributed by atoms with van der Waals surface area (Å²) in [6.45, 7) is 1.99. The maximum atomic E-state index is 9.82. The van der Waals surface area contributed by atoms with Gasteiger partial charge in [-0.05, 0) is 6.92 Å². The van der Waals surface area contributed by atoms with Crippen molar-refractivity contribution in [3.05, 3.63) is 16.1 Å². The summed E-state index contributed by atoms with van der Waals surface area (Å²) in [6.07, 6.45) is 0.735. The zero-order valence-electron chi connectivity index (χ0n) is 6.91. The van der Waals surface area contributed by atoms with E-state index >= 15 is 0 Å². The first-order valence-electron chi connectivity index (χ1n) is 3.89. The van der Waals surface area contributed by atoms with Crippen LogP contribution in [-0.2, 0) is 6.42 Å². The Morgan fingerprint density at radius 3 is 2.83 bits per heavy atom. The van der Waals surface area contributed by atoms with E-state index in [1.807, 2.05) is 12.3 Å². The predicted molar refractivity (Wildman–Crippen MR) is 52.8 cm³/mol. The largest absolute Gasteiger partial charge is 0.388 e. The van der Waals surface area contributed by atoms with Gasteiger partial charge in [0, 0.05) is 29.0 Å². The van der Waals surface area contributed by atoms with Crippen molar-refractivity contribution in [3.63, 3.8) is 0 Å². The summed E-state index contributed by atoms with van der Waals surface area (Å²) in [5.74, 6) is 1.73. The average Bonchev–Trinajstić information content (AvgIpc) is 2.32. The Morgan fingerprint density at radius 2 is 2.42 bits per heavy atom. The average molecular weight is 201 g/mol. The van der Waals surface area contributed by atoms with Crippen LogP contribution in [0.5, 0.6) is 0 Å². The molecule has 1 aliphatic heterocycles. The second-order valence-corrected chi connectivity index (χ2v) is 5.20. The normalized spacial score (nSPS) is 20.5. The fourth-order valence-electron chi connectivity index (χ4n) is 1.21. The number of hydrogen-bond donors (Lipinski definition) is 1. The van der Waals surface area contributed by atoms with Crippen molar-refractivity contribution in [2.45, 2.75) is 18.9 Å². The van der Waals surface area contributed by atoms with Crippen LogP contribution in [0, 0.1) is 6.92 Å². The molecule has 0 spiro atoms. The van der Waals surface area contributed by atoms with Gasteiger partial charge in [-0.1, -0.05) is 0 Å². The Morgan fingerprint density at radius 1 is 1.67 bits per heavy atom. The first-order valence-corrected chi connectivity index (χ1v) is 5.93. The highest BCUT2D eigenvalue weighted by molar-refractivity contribution is 8.00. The fraction of sp³-hybridized carbons (Fsp3) is 0.625. The minimum atomic E-state index is -0.449. The smallest absolute Gasteiger partial charge is 0.0957 e. The van der Waals surface area contributed by atoms with E-state index < -0.39 is 5.60 Å². The number of aryl methyl sites for hydroxylation is 1. The molecule has 1 saturated heterocycles. The zero-order chi connectivity index (χ0) is 8.60. The molecule has 1 fully saturated rings. The van der Waals surface area contributed by atoms with Crippen LogP contribution in [0.4, 0.5) is 0 Å². The van der Waals surface area contributed by atoms with E-state index in [0.29, 0.717) is 0 Å². The molecule has 2 nitrogen and oxygen atoms in total. The van der Waals surface area contributed by atoms with Crippen LogP contribution < -0.4 is 0 Å². The lowest BCUT2D eigenvalue weighted by atomic mass is 10.1. The van der Waals surface area contributed by atoms with Crippen LogP contribution in [0.3, 0.4) is 0 Å². The second kappa shape index (κ2) is 3.01. The Hall–Kier alpha value is -0.0600. The number of aliphatic hydroxyl groups is 1. The lowest BCUT2D eigenvalue weighted by Gasteiger charge is -2.35. The van der Waals surface area contributed by atoms with E-state index in [0.717, 1.165) is 28.6 Å². The molecule has 0 radical (unpaired) electrons. The molecule has 2 heterocycles. The lowest BCUT2D eigenvalue weighted by Crippen LogP contribution is -2.45. The van der Waals surface area contributed by atoms with E-state index in [4.69, 9.17) is 0 Å². The van der Waals surface area contributed by atoms with E-state index in [1.54, 1.807) is 23.1 Å². The number of rotatable bonds is 2. The minimum absolute atomic E-state index is 0.449. The Kier molecular flexibility index (Phi) is 2.14. The molecule has 1 N–H and O–H groups in total. The third-order valence-corrected chi connectivity index (χ3v) is 4.34. The van der Waals surface area contributed by atoms with Crippen molar-refractivity contribution in [1.82, 2.24) is 4.98 Å². The highest BCUT2D eigenvalue weighted by Gasteiger charge is 2.36. The summed E-state index contributed by atoms with van der Waals surface area (Å²) in [6, 6.07) is 0. The maximum absolute atomic E-state index is 9.82. The number of aromatic nitrogens is 1. The molecule has 0 saturated carbocycles. The molecule has 1 aromatic heterocycles. The minimum Gasteiger partial charge on any atom is -0.388 e. The summed E-state index contributed by atoms with van der Waals surface area (Å²) >= 11 is 3.44. The molecule has 0 aromatic carbocycles. The van der Waals surface area contributed by atoms with Gasteiger partial charge >= 0.3 is 0 Å². The van der Waals surface area contributed by atoms with Crippen LogP contribution in [0.1, 0.15) is 10.7 Å². The first kappa shape index (κ1) is 8.53. The van der Waals surface area contributed by atoms with Crippen LogP contribution in [0.15, 0.2) is 5.38 Å². The summed E-state index contributed by atoms with van der Waals surface area (Å²) in [5.41, 5.74) is 0.611. The molecule has 12 heavy (non-hydrogen) atoms. The second-order valence-electron chi connectivity index (χ2n) is 3.28. The van der Waals surface area contributed by atoms with Crippen molar-refractivity contribution in [2.75, 3.05) is 11.5 Å². The molecular formula is C8H11NOS2. The topological polar surface area (TPSA) is 33.1 Å². The molecule has 0 bridgehead atoms. The summed E-state index contributed by atoms with van der Waals surface area (Å²) in [5, 5.41) is 12.9. The van der Waals surface area contributed by atoms with Gasteiger partial charge in [-0.3, -0.25) is 0 Å². The quantitative estimate of drug-likeness (QED) is 0.786. The molecule has 1 aliphatic rings. The number of thioether (sulfide) groups is 1. The zero-order valence-corrected chi connectivity index (χ0v) is 8.54.